The fourth-order valence-corrected chi connectivity index (χ4v) is 0.917. The van der Waals surface area contributed by atoms with Crippen LogP contribution in [0, 0.1) is 0 Å². The topological polar surface area (TPSA) is 12.0 Å². The predicted octanol–water partition coefficient (Wildman–Crippen LogP) is 3.20. The van der Waals surface area contributed by atoms with Crippen LogP contribution in [0.3, 0.4) is 0 Å². The van der Waals surface area contributed by atoms with Gasteiger partial charge in [-0.2, -0.15) is 0 Å². The minimum absolute atomic E-state index is 1.07. The second-order valence-corrected chi connectivity index (χ2v) is 2.57. The van der Waals surface area contributed by atoms with Gasteiger partial charge in [0.1, 0.15) is 0 Å². The molecule has 0 aromatic rings. The average Bonchev–Trinajstić information content (AvgIpc) is 2.03. The van der Waals surface area contributed by atoms with Crippen LogP contribution < -0.4 is 5.32 Å². The van der Waals surface area contributed by atoms with Crippen molar-refractivity contribution >= 4 is 0 Å². The van der Waals surface area contributed by atoms with Gasteiger partial charge in [0, 0.05) is 5.70 Å². The summed E-state index contributed by atoms with van der Waals surface area (Å²) >= 11 is 0. The van der Waals surface area contributed by atoms with Gasteiger partial charge in [-0.15, -0.1) is 0 Å². The molecule has 0 aliphatic rings. The first-order valence-electron chi connectivity index (χ1n) is 4.41. The molecular weight excluding hydrogens is 134 g/mol. The summed E-state index contributed by atoms with van der Waals surface area (Å²) in [6.45, 7) is 7.98. The Balaban J connectivity index is 3.61. The Morgan fingerprint density at radius 2 is 2.18 bits per heavy atom. The highest BCUT2D eigenvalue weighted by atomic mass is 14.8. The number of hydrogen-bond acceptors (Lipinski definition) is 1. The standard InChI is InChI=1S/C10H19N/c1-4-7-8-9-10(5-2)11-6-3/h6,9,11H,3-5,7-8H2,1-2H3/b10-9-. The fourth-order valence-electron chi connectivity index (χ4n) is 0.917. The molecule has 0 aliphatic heterocycles. The molecule has 0 unspecified atom stereocenters. The molecule has 0 saturated heterocycles. The molecule has 0 fully saturated rings. The molecule has 1 nitrogen and oxygen atoms in total. The van der Waals surface area contributed by atoms with Gasteiger partial charge in [-0.05, 0) is 19.0 Å². The summed E-state index contributed by atoms with van der Waals surface area (Å²) in [5.74, 6) is 0. The summed E-state index contributed by atoms with van der Waals surface area (Å²) in [5, 5.41) is 3.12. The first kappa shape index (κ1) is 10.3. The number of allylic oxidation sites excluding steroid dienone is 2. The Morgan fingerprint density at radius 1 is 1.45 bits per heavy atom. The number of nitrogens with one attached hydrogen (secondary N) is 1. The average molecular weight is 153 g/mol. The number of unbranched alkanes of at least 4 members (excludes halogenated alkanes) is 2. The van der Waals surface area contributed by atoms with E-state index in [4.69, 9.17) is 0 Å². The van der Waals surface area contributed by atoms with E-state index in [1.54, 1.807) is 6.20 Å². The molecule has 0 aromatic heterocycles. The quantitative estimate of drug-likeness (QED) is 0.578. The van der Waals surface area contributed by atoms with E-state index in [0.717, 1.165) is 6.42 Å². The van der Waals surface area contributed by atoms with E-state index in [1.165, 1.54) is 25.0 Å². The summed E-state index contributed by atoms with van der Waals surface area (Å²) in [5.41, 5.74) is 1.29. The van der Waals surface area contributed by atoms with Gasteiger partial charge in [0.2, 0.25) is 0 Å². The number of hydrogen-bond donors (Lipinski definition) is 1. The molecule has 0 aromatic carbocycles. The Labute approximate surface area is 70.2 Å². The first-order chi connectivity index (χ1) is 5.35. The zero-order valence-corrected chi connectivity index (χ0v) is 7.69. The Morgan fingerprint density at radius 3 is 2.64 bits per heavy atom. The normalized spacial score (nSPS) is 11.3. The lowest BCUT2D eigenvalue weighted by atomic mass is 10.2. The van der Waals surface area contributed by atoms with E-state index in [1.807, 2.05) is 0 Å². The summed E-state index contributed by atoms with van der Waals surface area (Å²) < 4.78 is 0. The van der Waals surface area contributed by atoms with Crippen molar-refractivity contribution in [3.05, 3.63) is 24.6 Å². The van der Waals surface area contributed by atoms with Crippen LogP contribution in [0.5, 0.6) is 0 Å². The highest BCUT2D eigenvalue weighted by Gasteiger charge is 1.87. The lowest BCUT2D eigenvalue weighted by Gasteiger charge is -2.02. The van der Waals surface area contributed by atoms with Crippen molar-refractivity contribution in [1.29, 1.82) is 0 Å². The van der Waals surface area contributed by atoms with E-state index >= 15 is 0 Å². The van der Waals surface area contributed by atoms with Crippen molar-refractivity contribution in [2.45, 2.75) is 39.5 Å². The molecule has 0 saturated carbocycles. The lowest BCUT2D eigenvalue weighted by molar-refractivity contribution is 0.798. The van der Waals surface area contributed by atoms with Crippen molar-refractivity contribution in [1.82, 2.24) is 5.32 Å². The maximum atomic E-state index is 3.62. The molecule has 0 radical (unpaired) electrons. The summed E-state index contributed by atoms with van der Waals surface area (Å²) in [4.78, 5) is 0. The molecule has 0 heterocycles. The Kier molecular flexibility index (Phi) is 6.90. The van der Waals surface area contributed by atoms with E-state index in [0.29, 0.717) is 0 Å². The highest BCUT2D eigenvalue weighted by molar-refractivity contribution is 5.01. The van der Waals surface area contributed by atoms with Crippen LogP contribution >= 0.6 is 0 Å². The molecule has 1 heteroatoms. The van der Waals surface area contributed by atoms with Crippen LogP contribution in [-0.2, 0) is 0 Å². The van der Waals surface area contributed by atoms with Gasteiger partial charge < -0.3 is 5.32 Å². The predicted molar refractivity (Wildman–Crippen MR) is 51.2 cm³/mol. The van der Waals surface area contributed by atoms with Crippen LogP contribution in [0.15, 0.2) is 24.6 Å². The molecule has 0 aliphatic carbocycles. The van der Waals surface area contributed by atoms with Gasteiger partial charge in [-0.25, -0.2) is 0 Å². The maximum absolute atomic E-state index is 3.62. The van der Waals surface area contributed by atoms with Crippen molar-refractivity contribution in [2.75, 3.05) is 0 Å². The summed E-state index contributed by atoms with van der Waals surface area (Å²) in [6.07, 6.45) is 8.78. The van der Waals surface area contributed by atoms with Crippen LogP contribution in [0.25, 0.3) is 0 Å². The third-order valence-electron chi connectivity index (χ3n) is 1.62. The zero-order chi connectivity index (χ0) is 8.53. The number of rotatable bonds is 6. The van der Waals surface area contributed by atoms with E-state index in [9.17, 15) is 0 Å². The smallest absolute Gasteiger partial charge is 0.0103 e. The minimum Gasteiger partial charge on any atom is -0.366 e. The Hall–Kier alpha value is -0.720. The van der Waals surface area contributed by atoms with E-state index < -0.39 is 0 Å². The van der Waals surface area contributed by atoms with Crippen molar-refractivity contribution in [3.63, 3.8) is 0 Å². The molecule has 64 valence electrons. The van der Waals surface area contributed by atoms with Gasteiger partial charge in [0.05, 0.1) is 0 Å². The van der Waals surface area contributed by atoms with Crippen molar-refractivity contribution < 1.29 is 0 Å². The molecule has 1 N–H and O–H groups in total. The van der Waals surface area contributed by atoms with Gasteiger partial charge in [0.25, 0.3) is 0 Å². The molecule has 0 rings (SSSR count). The van der Waals surface area contributed by atoms with Crippen molar-refractivity contribution in [2.24, 2.45) is 0 Å². The summed E-state index contributed by atoms with van der Waals surface area (Å²) in [6, 6.07) is 0. The second-order valence-electron chi connectivity index (χ2n) is 2.57. The van der Waals surface area contributed by atoms with Crippen LogP contribution in [0.2, 0.25) is 0 Å². The zero-order valence-electron chi connectivity index (χ0n) is 7.69. The molecule has 0 spiro atoms. The molecule has 11 heavy (non-hydrogen) atoms. The van der Waals surface area contributed by atoms with Gasteiger partial charge >= 0.3 is 0 Å². The molecule has 0 bridgehead atoms. The Bertz CT molecular complexity index is 125. The van der Waals surface area contributed by atoms with Crippen LogP contribution in [-0.4, -0.2) is 0 Å². The first-order valence-corrected chi connectivity index (χ1v) is 4.41. The van der Waals surface area contributed by atoms with Crippen molar-refractivity contribution in [3.8, 4) is 0 Å². The van der Waals surface area contributed by atoms with Crippen LogP contribution in [0.4, 0.5) is 0 Å². The summed E-state index contributed by atoms with van der Waals surface area (Å²) in [7, 11) is 0. The largest absolute Gasteiger partial charge is 0.366 e. The van der Waals surface area contributed by atoms with E-state index in [2.05, 4.69) is 31.8 Å². The molecule has 0 atom stereocenters. The lowest BCUT2D eigenvalue weighted by Crippen LogP contribution is -2.02. The SMILES string of the molecule is C=CN/C(=C\CCCC)CC. The van der Waals surface area contributed by atoms with Gasteiger partial charge in [0.15, 0.2) is 0 Å². The highest BCUT2D eigenvalue weighted by Crippen LogP contribution is 2.01. The van der Waals surface area contributed by atoms with Gasteiger partial charge in [-0.1, -0.05) is 39.3 Å². The van der Waals surface area contributed by atoms with E-state index in [-0.39, 0.29) is 0 Å². The third kappa shape index (κ3) is 5.71. The third-order valence-corrected chi connectivity index (χ3v) is 1.62. The second kappa shape index (κ2) is 7.39. The maximum Gasteiger partial charge on any atom is 0.0103 e. The molecular formula is C10H19N. The van der Waals surface area contributed by atoms with Gasteiger partial charge in [-0.3, -0.25) is 0 Å². The minimum atomic E-state index is 1.07. The monoisotopic (exact) mass is 153 g/mol. The molecule has 0 amide bonds. The fraction of sp³-hybridized carbons (Fsp3) is 0.600. The van der Waals surface area contributed by atoms with Crippen LogP contribution in [0.1, 0.15) is 39.5 Å².